The number of benzene rings is 1. The third kappa shape index (κ3) is 3.58. The lowest BCUT2D eigenvalue weighted by Crippen LogP contribution is -2.32. The molecule has 0 saturated carbocycles. The molecule has 2 heterocycles. The van der Waals surface area contributed by atoms with Gasteiger partial charge < -0.3 is 9.42 Å². The van der Waals surface area contributed by atoms with E-state index in [0.717, 1.165) is 36.4 Å². The predicted octanol–water partition coefficient (Wildman–Crippen LogP) is 4.36. The lowest BCUT2D eigenvalue weighted by Gasteiger charge is -2.23. The van der Waals surface area contributed by atoms with E-state index in [9.17, 15) is 4.79 Å². The van der Waals surface area contributed by atoms with Crippen molar-refractivity contribution in [3.63, 3.8) is 0 Å². The zero-order chi connectivity index (χ0) is 16.4. The summed E-state index contributed by atoms with van der Waals surface area (Å²) < 4.78 is 5.40. The van der Waals surface area contributed by atoms with Gasteiger partial charge in [-0.05, 0) is 30.5 Å². The molecule has 5 heteroatoms. The standard InChI is InChI=1S/C18H21ClN2O2/c1-12(2)17-11-15(20-23-17)16-4-3-9-21(16)18(22)10-13-5-7-14(19)8-6-13/h5-8,11-12,16H,3-4,9-10H2,1-2H3/t16-/m1/s1. The normalized spacial score (nSPS) is 17.9. The molecule has 1 amide bonds. The first-order chi connectivity index (χ1) is 11.0. The Hall–Kier alpha value is -1.81. The van der Waals surface area contributed by atoms with Crippen molar-refractivity contribution in [2.75, 3.05) is 6.54 Å². The minimum absolute atomic E-state index is 0.0334. The molecule has 0 spiro atoms. The van der Waals surface area contributed by atoms with E-state index in [0.29, 0.717) is 17.4 Å². The first-order valence-electron chi connectivity index (χ1n) is 8.05. The molecule has 0 unspecified atom stereocenters. The number of amides is 1. The quantitative estimate of drug-likeness (QED) is 0.835. The molecule has 1 atom stereocenters. The highest BCUT2D eigenvalue weighted by molar-refractivity contribution is 6.30. The number of aromatic nitrogens is 1. The summed E-state index contributed by atoms with van der Waals surface area (Å²) in [5.41, 5.74) is 1.85. The van der Waals surface area contributed by atoms with Crippen molar-refractivity contribution in [2.45, 2.75) is 45.1 Å². The Bertz CT molecular complexity index is 679. The number of carbonyl (C=O) groups is 1. The van der Waals surface area contributed by atoms with E-state index in [2.05, 4.69) is 19.0 Å². The number of likely N-dealkylation sites (tertiary alicyclic amines) is 1. The minimum atomic E-state index is 0.0334. The topological polar surface area (TPSA) is 46.3 Å². The van der Waals surface area contributed by atoms with Gasteiger partial charge in [0.25, 0.3) is 0 Å². The molecule has 2 aromatic rings. The van der Waals surface area contributed by atoms with Crippen LogP contribution in [0.4, 0.5) is 0 Å². The summed E-state index contributed by atoms with van der Waals surface area (Å²) in [4.78, 5) is 14.6. The molecule has 0 radical (unpaired) electrons. The van der Waals surface area contributed by atoms with Crippen molar-refractivity contribution in [2.24, 2.45) is 0 Å². The van der Waals surface area contributed by atoms with Gasteiger partial charge in [-0.2, -0.15) is 0 Å². The Balaban J connectivity index is 1.72. The van der Waals surface area contributed by atoms with E-state index in [1.54, 1.807) is 0 Å². The van der Waals surface area contributed by atoms with Crippen LogP contribution in [0.1, 0.15) is 55.7 Å². The van der Waals surface area contributed by atoms with Gasteiger partial charge in [0.05, 0.1) is 12.5 Å². The maximum Gasteiger partial charge on any atom is 0.227 e. The Kier molecular flexibility index (Phi) is 4.71. The van der Waals surface area contributed by atoms with E-state index in [1.165, 1.54) is 0 Å². The zero-order valence-corrected chi connectivity index (χ0v) is 14.2. The number of carbonyl (C=O) groups excluding carboxylic acids is 1. The van der Waals surface area contributed by atoms with Crippen molar-refractivity contribution in [3.8, 4) is 0 Å². The van der Waals surface area contributed by atoms with Crippen LogP contribution in [0.5, 0.6) is 0 Å². The Morgan fingerprint density at radius 3 is 2.78 bits per heavy atom. The number of hydrogen-bond acceptors (Lipinski definition) is 3. The van der Waals surface area contributed by atoms with Gasteiger partial charge in [0.15, 0.2) is 0 Å². The molecule has 1 fully saturated rings. The zero-order valence-electron chi connectivity index (χ0n) is 13.5. The molecule has 1 aliphatic heterocycles. The van der Waals surface area contributed by atoms with E-state index in [-0.39, 0.29) is 11.9 Å². The molecule has 0 N–H and O–H groups in total. The summed E-state index contributed by atoms with van der Waals surface area (Å²) >= 11 is 5.89. The van der Waals surface area contributed by atoms with Gasteiger partial charge >= 0.3 is 0 Å². The average Bonchev–Trinajstić information content (AvgIpc) is 3.17. The molecular weight excluding hydrogens is 312 g/mol. The third-order valence-corrected chi connectivity index (χ3v) is 4.55. The predicted molar refractivity (Wildman–Crippen MR) is 89.4 cm³/mol. The number of hydrogen-bond donors (Lipinski definition) is 0. The summed E-state index contributed by atoms with van der Waals surface area (Å²) in [7, 11) is 0. The summed E-state index contributed by atoms with van der Waals surface area (Å²) in [5, 5.41) is 4.87. The summed E-state index contributed by atoms with van der Waals surface area (Å²) in [6.45, 7) is 4.92. The maximum absolute atomic E-state index is 12.7. The second kappa shape index (κ2) is 6.75. The maximum atomic E-state index is 12.7. The number of rotatable bonds is 4. The van der Waals surface area contributed by atoms with Gasteiger partial charge in [0.2, 0.25) is 5.91 Å². The molecule has 4 nitrogen and oxygen atoms in total. The molecule has 1 aliphatic rings. The van der Waals surface area contributed by atoms with Crippen LogP contribution in [-0.4, -0.2) is 22.5 Å². The van der Waals surface area contributed by atoms with Crippen LogP contribution in [0.2, 0.25) is 5.02 Å². The summed E-state index contributed by atoms with van der Waals surface area (Å²) in [5.74, 6) is 1.30. The van der Waals surface area contributed by atoms with Crippen molar-refractivity contribution in [1.82, 2.24) is 10.1 Å². The molecule has 1 saturated heterocycles. The molecule has 23 heavy (non-hydrogen) atoms. The fraction of sp³-hybridized carbons (Fsp3) is 0.444. The van der Waals surface area contributed by atoms with E-state index in [4.69, 9.17) is 16.1 Å². The third-order valence-electron chi connectivity index (χ3n) is 4.30. The van der Waals surface area contributed by atoms with E-state index >= 15 is 0 Å². The molecule has 0 aliphatic carbocycles. The average molecular weight is 333 g/mol. The largest absolute Gasteiger partial charge is 0.361 e. The first kappa shape index (κ1) is 16.1. The molecule has 1 aromatic heterocycles. The highest BCUT2D eigenvalue weighted by atomic mass is 35.5. The highest BCUT2D eigenvalue weighted by Gasteiger charge is 2.32. The van der Waals surface area contributed by atoms with Crippen LogP contribution in [0.15, 0.2) is 34.9 Å². The van der Waals surface area contributed by atoms with Crippen LogP contribution >= 0.6 is 11.6 Å². The summed E-state index contributed by atoms with van der Waals surface area (Å²) in [6, 6.07) is 9.46. The highest BCUT2D eigenvalue weighted by Crippen LogP contribution is 2.33. The lowest BCUT2D eigenvalue weighted by atomic mass is 10.1. The smallest absolute Gasteiger partial charge is 0.227 e. The molecule has 1 aromatic carbocycles. The first-order valence-corrected chi connectivity index (χ1v) is 8.43. The molecule has 3 rings (SSSR count). The van der Waals surface area contributed by atoms with Gasteiger partial charge in [-0.15, -0.1) is 0 Å². The number of halogens is 1. The lowest BCUT2D eigenvalue weighted by molar-refractivity contribution is -0.131. The van der Waals surface area contributed by atoms with Crippen LogP contribution in [0, 0.1) is 0 Å². The fourth-order valence-corrected chi connectivity index (χ4v) is 3.11. The SMILES string of the molecule is CC(C)c1cc([C@H]2CCCN2C(=O)Cc2ccc(Cl)cc2)no1. The molecule has 0 bridgehead atoms. The monoisotopic (exact) mass is 332 g/mol. The fourth-order valence-electron chi connectivity index (χ4n) is 2.98. The summed E-state index contributed by atoms with van der Waals surface area (Å²) in [6.07, 6.45) is 2.33. The van der Waals surface area contributed by atoms with E-state index in [1.807, 2.05) is 35.2 Å². The van der Waals surface area contributed by atoms with Gasteiger partial charge in [-0.1, -0.05) is 42.7 Å². The van der Waals surface area contributed by atoms with Gasteiger partial charge in [0, 0.05) is 23.6 Å². The molecular formula is C18H21ClN2O2. The van der Waals surface area contributed by atoms with Crippen molar-refractivity contribution in [3.05, 3.63) is 52.4 Å². The van der Waals surface area contributed by atoms with Gasteiger partial charge in [-0.25, -0.2) is 0 Å². The Morgan fingerprint density at radius 2 is 2.13 bits per heavy atom. The van der Waals surface area contributed by atoms with Gasteiger partial charge in [-0.3, -0.25) is 4.79 Å². The van der Waals surface area contributed by atoms with Crippen LogP contribution in [0.3, 0.4) is 0 Å². The van der Waals surface area contributed by atoms with Crippen LogP contribution in [-0.2, 0) is 11.2 Å². The number of nitrogens with zero attached hydrogens (tertiary/aromatic N) is 2. The van der Waals surface area contributed by atoms with Gasteiger partial charge in [0.1, 0.15) is 11.5 Å². The second-order valence-electron chi connectivity index (χ2n) is 6.36. The minimum Gasteiger partial charge on any atom is -0.361 e. The second-order valence-corrected chi connectivity index (χ2v) is 6.79. The van der Waals surface area contributed by atoms with Crippen molar-refractivity contribution in [1.29, 1.82) is 0 Å². The Labute approximate surface area is 141 Å². The van der Waals surface area contributed by atoms with Crippen molar-refractivity contribution >= 4 is 17.5 Å². The van der Waals surface area contributed by atoms with Crippen molar-refractivity contribution < 1.29 is 9.32 Å². The van der Waals surface area contributed by atoms with Crippen LogP contribution in [0.25, 0.3) is 0 Å². The Morgan fingerprint density at radius 1 is 1.39 bits per heavy atom. The van der Waals surface area contributed by atoms with Crippen LogP contribution < -0.4 is 0 Å². The van der Waals surface area contributed by atoms with E-state index < -0.39 is 0 Å². The molecule has 122 valence electrons.